The number of benzene rings is 2. The number of sulfonamides is 1. The third-order valence-corrected chi connectivity index (χ3v) is 8.06. The summed E-state index contributed by atoms with van der Waals surface area (Å²) >= 11 is 0. The molecule has 1 amide bonds. The SMILES string of the molecule is CCN(CC)S(=O)(=O)c1ccc(N2CCN(C(=O)c3cc(C)ccc3C)CC2)c([N+](=O)[O-])c1. The normalized spacial score (nSPS) is 14.6. The summed E-state index contributed by atoms with van der Waals surface area (Å²) in [6, 6.07) is 9.82. The Morgan fingerprint density at radius 1 is 1.03 bits per heavy atom. The first-order chi connectivity index (χ1) is 15.6. The van der Waals surface area contributed by atoms with Gasteiger partial charge in [-0.2, -0.15) is 4.31 Å². The van der Waals surface area contributed by atoms with E-state index in [9.17, 15) is 23.3 Å². The number of hydrogen-bond donors (Lipinski definition) is 0. The number of nitrogens with zero attached hydrogens (tertiary/aromatic N) is 4. The van der Waals surface area contributed by atoms with E-state index < -0.39 is 14.9 Å². The van der Waals surface area contributed by atoms with Crippen molar-refractivity contribution in [1.29, 1.82) is 0 Å². The molecular weight excluding hydrogens is 444 g/mol. The van der Waals surface area contributed by atoms with Crippen molar-refractivity contribution in [1.82, 2.24) is 9.21 Å². The van der Waals surface area contributed by atoms with E-state index in [-0.39, 0.29) is 29.6 Å². The lowest BCUT2D eigenvalue weighted by molar-refractivity contribution is -0.384. The van der Waals surface area contributed by atoms with Gasteiger partial charge in [-0.25, -0.2) is 8.42 Å². The zero-order valence-corrected chi connectivity index (χ0v) is 20.3. The monoisotopic (exact) mass is 474 g/mol. The number of nitro benzene ring substituents is 1. The molecule has 3 rings (SSSR count). The fraction of sp³-hybridized carbons (Fsp3) is 0.435. The van der Waals surface area contributed by atoms with Crippen LogP contribution >= 0.6 is 0 Å². The Balaban J connectivity index is 1.82. The maximum atomic E-state index is 13.0. The Bertz CT molecular complexity index is 1150. The van der Waals surface area contributed by atoms with Crippen LogP contribution in [-0.4, -0.2) is 67.7 Å². The van der Waals surface area contributed by atoms with E-state index in [1.807, 2.05) is 36.9 Å². The van der Waals surface area contributed by atoms with Crippen LogP contribution in [0.25, 0.3) is 0 Å². The highest BCUT2D eigenvalue weighted by Gasteiger charge is 2.30. The molecule has 1 saturated heterocycles. The summed E-state index contributed by atoms with van der Waals surface area (Å²) in [7, 11) is -3.81. The fourth-order valence-electron chi connectivity index (χ4n) is 4.08. The Hall–Kier alpha value is -2.98. The first-order valence-corrected chi connectivity index (χ1v) is 12.4. The van der Waals surface area contributed by atoms with E-state index in [1.165, 1.54) is 16.4 Å². The predicted octanol–water partition coefficient (Wildman–Crippen LogP) is 3.20. The maximum Gasteiger partial charge on any atom is 0.293 e. The molecule has 2 aromatic carbocycles. The first kappa shape index (κ1) is 24.7. The summed E-state index contributed by atoms with van der Waals surface area (Å²) in [5, 5.41) is 11.8. The molecule has 0 saturated carbocycles. The van der Waals surface area contributed by atoms with Crippen molar-refractivity contribution >= 4 is 27.3 Å². The van der Waals surface area contributed by atoms with Gasteiger partial charge in [0.2, 0.25) is 10.0 Å². The number of piperazine rings is 1. The molecule has 0 N–H and O–H groups in total. The highest BCUT2D eigenvalue weighted by atomic mass is 32.2. The summed E-state index contributed by atoms with van der Waals surface area (Å²) in [6.07, 6.45) is 0. The Morgan fingerprint density at radius 3 is 2.24 bits per heavy atom. The topological polar surface area (TPSA) is 104 Å². The van der Waals surface area contributed by atoms with Gasteiger partial charge in [-0.15, -0.1) is 0 Å². The number of carbonyl (C=O) groups is 1. The van der Waals surface area contributed by atoms with E-state index >= 15 is 0 Å². The van der Waals surface area contributed by atoms with Gasteiger partial charge in [0.15, 0.2) is 0 Å². The predicted molar refractivity (Wildman–Crippen MR) is 127 cm³/mol. The average Bonchev–Trinajstić information content (AvgIpc) is 2.80. The molecule has 10 heteroatoms. The molecule has 0 spiro atoms. The van der Waals surface area contributed by atoms with E-state index in [4.69, 9.17) is 0 Å². The van der Waals surface area contributed by atoms with E-state index in [2.05, 4.69) is 0 Å². The molecule has 178 valence electrons. The molecule has 0 aromatic heterocycles. The lowest BCUT2D eigenvalue weighted by Gasteiger charge is -2.36. The van der Waals surface area contributed by atoms with Gasteiger partial charge >= 0.3 is 0 Å². The summed E-state index contributed by atoms with van der Waals surface area (Å²) in [5.74, 6) is -0.0500. The highest BCUT2D eigenvalue weighted by molar-refractivity contribution is 7.89. The number of amides is 1. The Labute approximate surface area is 194 Å². The standard InChI is InChI=1S/C23H30N4O5S/c1-5-26(6-2)33(31,32)19-9-10-21(22(16-19)27(29)30)24-11-13-25(14-12-24)23(28)20-15-17(3)7-8-18(20)4/h7-10,15-16H,5-6,11-14H2,1-4H3. The number of nitro groups is 1. The van der Waals surface area contributed by atoms with Gasteiger partial charge in [0, 0.05) is 50.9 Å². The zero-order valence-electron chi connectivity index (χ0n) is 19.4. The van der Waals surface area contributed by atoms with Crippen molar-refractivity contribution in [2.45, 2.75) is 32.6 Å². The molecule has 1 aliphatic heterocycles. The largest absolute Gasteiger partial charge is 0.362 e. The van der Waals surface area contributed by atoms with Crippen molar-refractivity contribution in [2.24, 2.45) is 0 Å². The van der Waals surface area contributed by atoms with Crippen LogP contribution in [0.3, 0.4) is 0 Å². The summed E-state index contributed by atoms with van der Waals surface area (Å²) in [6.45, 7) is 9.53. The van der Waals surface area contributed by atoms with E-state index in [1.54, 1.807) is 18.7 Å². The second kappa shape index (κ2) is 9.88. The highest BCUT2D eigenvalue weighted by Crippen LogP contribution is 2.32. The minimum atomic E-state index is -3.81. The van der Waals surface area contributed by atoms with Crippen molar-refractivity contribution in [3.05, 3.63) is 63.2 Å². The molecule has 0 radical (unpaired) electrons. The van der Waals surface area contributed by atoms with Crippen LogP contribution in [0.15, 0.2) is 41.3 Å². The molecule has 0 aliphatic carbocycles. The number of aryl methyl sites for hydroxylation is 2. The molecular formula is C23H30N4O5S. The smallest absolute Gasteiger partial charge is 0.293 e. The first-order valence-electron chi connectivity index (χ1n) is 11.0. The molecule has 0 atom stereocenters. The second-order valence-corrected chi connectivity index (χ2v) is 10.0. The van der Waals surface area contributed by atoms with Gasteiger partial charge < -0.3 is 9.80 Å². The molecule has 1 heterocycles. The number of hydrogen-bond acceptors (Lipinski definition) is 6. The van der Waals surface area contributed by atoms with Crippen LogP contribution in [0.5, 0.6) is 0 Å². The third kappa shape index (κ3) is 5.01. The third-order valence-electron chi connectivity index (χ3n) is 6.02. The minimum absolute atomic E-state index is 0.0500. The van der Waals surface area contributed by atoms with Gasteiger partial charge in [0.05, 0.1) is 9.82 Å². The van der Waals surface area contributed by atoms with Crippen LogP contribution in [0, 0.1) is 24.0 Å². The minimum Gasteiger partial charge on any atom is -0.362 e. The molecule has 1 aliphatic rings. The van der Waals surface area contributed by atoms with Crippen LogP contribution < -0.4 is 4.90 Å². The van der Waals surface area contributed by atoms with Gasteiger partial charge in [-0.3, -0.25) is 14.9 Å². The van der Waals surface area contributed by atoms with Crippen LogP contribution in [0.4, 0.5) is 11.4 Å². The molecule has 9 nitrogen and oxygen atoms in total. The summed E-state index contributed by atoms with van der Waals surface area (Å²) in [4.78, 5) is 27.7. The van der Waals surface area contributed by atoms with E-state index in [0.29, 0.717) is 37.4 Å². The lowest BCUT2D eigenvalue weighted by atomic mass is 10.0. The molecule has 0 bridgehead atoms. The number of anilines is 1. The lowest BCUT2D eigenvalue weighted by Crippen LogP contribution is -2.49. The van der Waals surface area contributed by atoms with Crippen molar-refractivity contribution in [2.75, 3.05) is 44.2 Å². The van der Waals surface area contributed by atoms with E-state index in [0.717, 1.165) is 17.2 Å². The van der Waals surface area contributed by atoms with Crippen molar-refractivity contribution < 1.29 is 18.1 Å². The van der Waals surface area contributed by atoms with Crippen LogP contribution in [0.2, 0.25) is 0 Å². The molecule has 0 unspecified atom stereocenters. The summed E-state index contributed by atoms with van der Waals surface area (Å²) < 4.78 is 26.9. The van der Waals surface area contributed by atoms with Gasteiger partial charge in [0.1, 0.15) is 5.69 Å². The number of rotatable bonds is 7. The molecule has 33 heavy (non-hydrogen) atoms. The fourth-order valence-corrected chi connectivity index (χ4v) is 5.56. The Kier molecular flexibility index (Phi) is 7.38. The van der Waals surface area contributed by atoms with Gasteiger partial charge in [-0.05, 0) is 37.6 Å². The molecule has 1 fully saturated rings. The second-order valence-electron chi connectivity index (χ2n) is 8.09. The van der Waals surface area contributed by atoms with Crippen LogP contribution in [0.1, 0.15) is 35.3 Å². The number of carbonyl (C=O) groups excluding carboxylic acids is 1. The van der Waals surface area contributed by atoms with Crippen LogP contribution in [-0.2, 0) is 10.0 Å². The summed E-state index contributed by atoms with van der Waals surface area (Å²) in [5.41, 5.74) is 2.70. The molecule has 2 aromatic rings. The van der Waals surface area contributed by atoms with Crippen molar-refractivity contribution in [3.63, 3.8) is 0 Å². The quantitative estimate of drug-likeness (QED) is 0.451. The zero-order chi connectivity index (χ0) is 24.3. The maximum absolute atomic E-state index is 13.0. The average molecular weight is 475 g/mol. The van der Waals surface area contributed by atoms with Gasteiger partial charge in [0.25, 0.3) is 11.6 Å². The Morgan fingerprint density at radius 2 is 1.67 bits per heavy atom. The van der Waals surface area contributed by atoms with Gasteiger partial charge in [-0.1, -0.05) is 31.5 Å². The van der Waals surface area contributed by atoms with Crippen molar-refractivity contribution in [3.8, 4) is 0 Å².